The molecule has 31 heavy (non-hydrogen) atoms. The second kappa shape index (κ2) is 11.8. The summed E-state index contributed by atoms with van der Waals surface area (Å²) >= 11 is 0. The van der Waals surface area contributed by atoms with Crippen LogP contribution in [0.2, 0.25) is 0 Å². The maximum Gasteiger partial charge on any atom is 0.191 e. The van der Waals surface area contributed by atoms with Gasteiger partial charge in [-0.05, 0) is 42.3 Å². The molecule has 0 aliphatic carbocycles. The topological polar surface area (TPSA) is 72.7 Å². The van der Waals surface area contributed by atoms with Gasteiger partial charge in [-0.25, -0.2) is 4.68 Å². The fraction of sp³-hybridized carbons (Fsp3) is 0.333. The molecule has 0 saturated carbocycles. The Kier molecular flexibility index (Phi) is 8.48. The van der Waals surface area contributed by atoms with E-state index in [-0.39, 0.29) is 0 Å². The van der Waals surface area contributed by atoms with Crippen LogP contribution in [0, 0.1) is 6.92 Å². The highest BCUT2D eigenvalue weighted by Crippen LogP contribution is 2.20. The molecular weight excluding hydrogens is 390 g/mol. The lowest BCUT2D eigenvalue weighted by Gasteiger charge is -2.16. The molecule has 0 radical (unpaired) electrons. The molecule has 3 aromatic rings. The van der Waals surface area contributed by atoms with Gasteiger partial charge >= 0.3 is 0 Å². The zero-order valence-electron chi connectivity index (χ0n) is 18.5. The standard InChI is InChI=1S/C24H31N5O2/c1-19-9-10-21(23(15-19)31-14-6-13-30-3)18-27-24(25-2)26-17-20-7-4-8-22(16-20)29-12-5-11-28-29/h4-5,7-12,15-16H,6,13-14,17-18H2,1-3H3,(H2,25,26,27). The van der Waals surface area contributed by atoms with Gasteiger partial charge in [-0.1, -0.05) is 24.3 Å². The SMILES string of the molecule is CN=C(NCc1cccc(-n2cccn2)c1)NCc1ccc(C)cc1OCCCOC. The monoisotopic (exact) mass is 421 g/mol. The summed E-state index contributed by atoms with van der Waals surface area (Å²) in [5.74, 6) is 1.63. The lowest BCUT2D eigenvalue weighted by molar-refractivity contribution is 0.171. The summed E-state index contributed by atoms with van der Waals surface area (Å²) in [4.78, 5) is 4.34. The number of methoxy groups -OCH3 is 1. The largest absolute Gasteiger partial charge is 0.493 e. The van der Waals surface area contributed by atoms with Crippen LogP contribution in [0.4, 0.5) is 0 Å². The molecule has 3 rings (SSSR count). The average molecular weight is 422 g/mol. The lowest BCUT2D eigenvalue weighted by atomic mass is 10.1. The molecule has 0 atom stereocenters. The number of hydrogen-bond acceptors (Lipinski definition) is 4. The van der Waals surface area contributed by atoms with Gasteiger partial charge in [0.05, 0.1) is 12.3 Å². The van der Waals surface area contributed by atoms with Gasteiger partial charge in [0.1, 0.15) is 5.75 Å². The Labute approximate surface area is 184 Å². The Hall–Kier alpha value is -3.32. The molecule has 7 heteroatoms. The molecule has 0 aliphatic rings. The van der Waals surface area contributed by atoms with E-state index < -0.39 is 0 Å². The first-order valence-electron chi connectivity index (χ1n) is 10.4. The molecule has 0 unspecified atom stereocenters. The van der Waals surface area contributed by atoms with Gasteiger partial charge < -0.3 is 20.1 Å². The zero-order chi connectivity index (χ0) is 21.9. The van der Waals surface area contributed by atoms with Crippen molar-refractivity contribution in [2.24, 2.45) is 4.99 Å². The van der Waals surface area contributed by atoms with Crippen molar-refractivity contribution < 1.29 is 9.47 Å². The molecule has 0 spiro atoms. The maximum absolute atomic E-state index is 5.98. The van der Waals surface area contributed by atoms with E-state index in [1.165, 1.54) is 5.56 Å². The molecule has 0 aliphatic heterocycles. The first kappa shape index (κ1) is 22.4. The van der Waals surface area contributed by atoms with Crippen molar-refractivity contribution in [2.45, 2.75) is 26.4 Å². The van der Waals surface area contributed by atoms with Crippen LogP contribution in [-0.4, -0.2) is 43.1 Å². The highest BCUT2D eigenvalue weighted by Gasteiger charge is 2.07. The molecule has 0 saturated heterocycles. The van der Waals surface area contributed by atoms with E-state index in [1.807, 2.05) is 29.1 Å². The van der Waals surface area contributed by atoms with Crippen molar-refractivity contribution in [3.05, 3.63) is 77.6 Å². The Balaban J connectivity index is 1.56. The minimum Gasteiger partial charge on any atom is -0.493 e. The molecule has 0 fully saturated rings. The van der Waals surface area contributed by atoms with E-state index in [0.717, 1.165) is 34.9 Å². The molecule has 1 heterocycles. The number of aryl methyl sites for hydroxylation is 1. The van der Waals surface area contributed by atoms with Crippen LogP contribution in [0.5, 0.6) is 5.75 Å². The van der Waals surface area contributed by atoms with Gasteiger partial charge in [-0.3, -0.25) is 4.99 Å². The summed E-state index contributed by atoms with van der Waals surface area (Å²) in [6, 6.07) is 16.4. The van der Waals surface area contributed by atoms with E-state index in [1.54, 1.807) is 20.4 Å². The normalized spacial score (nSPS) is 11.4. The lowest BCUT2D eigenvalue weighted by Crippen LogP contribution is -2.36. The maximum atomic E-state index is 5.98. The van der Waals surface area contributed by atoms with Crippen LogP contribution in [0.1, 0.15) is 23.1 Å². The smallest absolute Gasteiger partial charge is 0.191 e. The molecule has 1 aromatic heterocycles. The predicted octanol–water partition coefficient (Wildman–Crippen LogP) is 3.46. The van der Waals surface area contributed by atoms with E-state index >= 15 is 0 Å². The Bertz CT molecular complexity index is 970. The van der Waals surface area contributed by atoms with Crippen molar-refractivity contribution in [1.29, 1.82) is 0 Å². The summed E-state index contributed by atoms with van der Waals surface area (Å²) in [6.45, 7) is 4.66. The van der Waals surface area contributed by atoms with Crippen molar-refractivity contribution >= 4 is 5.96 Å². The summed E-state index contributed by atoms with van der Waals surface area (Å²) in [5.41, 5.74) is 4.44. The number of hydrogen-bond donors (Lipinski definition) is 2. The quantitative estimate of drug-likeness (QED) is 0.298. The van der Waals surface area contributed by atoms with Crippen molar-refractivity contribution in [3.63, 3.8) is 0 Å². The van der Waals surface area contributed by atoms with Crippen LogP contribution in [0.15, 0.2) is 65.9 Å². The van der Waals surface area contributed by atoms with Crippen LogP contribution in [0.25, 0.3) is 5.69 Å². The Morgan fingerprint density at radius 1 is 1.06 bits per heavy atom. The second-order valence-electron chi connectivity index (χ2n) is 7.21. The number of benzene rings is 2. The first-order valence-corrected chi connectivity index (χ1v) is 10.4. The number of nitrogens with zero attached hydrogens (tertiary/aromatic N) is 3. The van der Waals surface area contributed by atoms with Crippen LogP contribution >= 0.6 is 0 Å². The number of nitrogens with one attached hydrogen (secondary N) is 2. The van der Waals surface area contributed by atoms with Gasteiger partial charge in [-0.2, -0.15) is 5.10 Å². The number of aliphatic imine (C=N–C) groups is 1. The van der Waals surface area contributed by atoms with Gasteiger partial charge in [-0.15, -0.1) is 0 Å². The molecule has 0 amide bonds. The van der Waals surface area contributed by atoms with Gasteiger partial charge in [0, 0.05) is 58.2 Å². The Morgan fingerprint density at radius 3 is 2.71 bits per heavy atom. The minimum atomic E-state index is 0.618. The fourth-order valence-electron chi connectivity index (χ4n) is 3.14. The number of rotatable bonds is 10. The average Bonchev–Trinajstić information content (AvgIpc) is 3.33. The van der Waals surface area contributed by atoms with Crippen molar-refractivity contribution in [3.8, 4) is 11.4 Å². The van der Waals surface area contributed by atoms with Gasteiger partial charge in [0.15, 0.2) is 5.96 Å². The molecule has 0 bridgehead atoms. The minimum absolute atomic E-state index is 0.618. The second-order valence-corrected chi connectivity index (χ2v) is 7.21. The van der Waals surface area contributed by atoms with Crippen LogP contribution in [-0.2, 0) is 17.8 Å². The van der Waals surface area contributed by atoms with Crippen LogP contribution < -0.4 is 15.4 Å². The summed E-state index contributed by atoms with van der Waals surface area (Å²) in [7, 11) is 3.47. The van der Waals surface area contributed by atoms with E-state index in [0.29, 0.717) is 26.3 Å². The van der Waals surface area contributed by atoms with Gasteiger partial charge in [0.2, 0.25) is 0 Å². The third-order valence-corrected chi connectivity index (χ3v) is 4.78. The predicted molar refractivity (Wildman–Crippen MR) is 124 cm³/mol. The summed E-state index contributed by atoms with van der Waals surface area (Å²) < 4.78 is 12.9. The third kappa shape index (κ3) is 6.86. The summed E-state index contributed by atoms with van der Waals surface area (Å²) in [6.07, 6.45) is 4.57. The van der Waals surface area contributed by atoms with E-state index in [9.17, 15) is 0 Å². The molecular formula is C24H31N5O2. The number of aromatic nitrogens is 2. The van der Waals surface area contributed by atoms with Gasteiger partial charge in [0.25, 0.3) is 0 Å². The molecule has 164 valence electrons. The van der Waals surface area contributed by atoms with Crippen molar-refractivity contribution in [1.82, 2.24) is 20.4 Å². The highest BCUT2D eigenvalue weighted by molar-refractivity contribution is 5.79. The number of guanidine groups is 1. The number of ether oxygens (including phenoxy) is 2. The zero-order valence-corrected chi connectivity index (χ0v) is 18.5. The van der Waals surface area contributed by atoms with E-state index in [2.05, 4.69) is 58.0 Å². The third-order valence-electron chi connectivity index (χ3n) is 4.78. The van der Waals surface area contributed by atoms with Crippen LogP contribution in [0.3, 0.4) is 0 Å². The first-order chi connectivity index (χ1) is 15.2. The summed E-state index contributed by atoms with van der Waals surface area (Å²) in [5, 5.41) is 11.0. The van der Waals surface area contributed by atoms with E-state index in [4.69, 9.17) is 9.47 Å². The molecule has 2 aromatic carbocycles. The molecule has 2 N–H and O–H groups in total. The van der Waals surface area contributed by atoms with Crippen molar-refractivity contribution in [2.75, 3.05) is 27.4 Å². The molecule has 7 nitrogen and oxygen atoms in total. The Morgan fingerprint density at radius 2 is 1.94 bits per heavy atom. The highest BCUT2D eigenvalue weighted by atomic mass is 16.5. The fourth-order valence-corrected chi connectivity index (χ4v) is 3.14.